The first-order chi connectivity index (χ1) is 9.24. The Bertz CT molecular complexity index is 689. The third kappa shape index (κ3) is 2.32. The zero-order valence-corrected chi connectivity index (χ0v) is 11.1. The molecule has 3 heteroatoms. The zero-order valence-electron chi connectivity index (χ0n) is 11.1. The number of rotatable bonds is 3. The highest BCUT2D eigenvalue weighted by Crippen LogP contribution is 2.26. The summed E-state index contributed by atoms with van der Waals surface area (Å²) in [7, 11) is 2.07. The van der Waals surface area contributed by atoms with E-state index in [4.69, 9.17) is 4.42 Å². The predicted octanol–water partition coefficient (Wildman–Crippen LogP) is 3.77. The summed E-state index contributed by atoms with van der Waals surface area (Å²) < 4.78 is 5.41. The number of aryl methyl sites for hydroxylation is 1. The number of hydrogen-bond acceptors (Lipinski definition) is 3. The number of benzene rings is 1. The van der Waals surface area contributed by atoms with E-state index in [2.05, 4.69) is 29.1 Å². The number of para-hydroxylation sites is 1. The summed E-state index contributed by atoms with van der Waals surface area (Å²) in [5.41, 5.74) is 3.24. The van der Waals surface area contributed by atoms with Crippen LogP contribution in [-0.4, -0.2) is 12.0 Å². The first-order valence-electron chi connectivity index (χ1n) is 6.34. The van der Waals surface area contributed by atoms with Crippen LogP contribution in [0.4, 0.5) is 5.69 Å². The molecule has 0 aliphatic heterocycles. The maximum Gasteiger partial charge on any atom is 0.123 e. The Hall–Kier alpha value is -2.29. The summed E-state index contributed by atoms with van der Waals surface area (Å²) in [5.74, 6) is 0.959. The number of nitrogens with zero attached hydrogens (tertiary/aromatic N) is 2. The average Bonchev–Trinajstić information content (AvgIpc) is 2.90. The standard InChI is InChI=1S/C16H16N2O/c1-12-10-16(14-7-3-4-8-15(14)17-12)18(2)11-13-6-5-9-19-13/h3-10H,11H2,1-2H3. The smallest absolute Gasteiger partial charge is 0.123 e. The van der Waals surface area contributed by atoms with Gasteiger partial charge in [-0.25, -0.2) is 0 Å². The summed E-state index contributed by atoms with van der Waals surface area (Å²) >= 11 is 0. The van der Waals surface area contributed by atoms with Gasteiger partial charge in [0, 0.05) is 23.8 Å². The molecule has 3 aromatic rings. The summed E-state index contributed by atoms with van der Waals surface area (Å²) in [6.07, 6.45) is 1.71. The van der Waals surface area contributed by atoms with Crippen molar-refractivity contribution in [3.8, 4) is 0 Å². The van der Waals surface area contributed by atoms with Crippen molar-refractivity contribution in [1.82, 2.24) is 4.98 Å². The topological polar surface area (TPSA) is 29.3 Å². The Balaban J connectivity index is 2.03. The van der Waals surface area contributed by atoms with Crippen molar-refractivity contribution >= 4 is 16.6 Å². The summed E-state index contributed by atoms with van der Waals surface area (Å²) in [6.45, 7) is 2.77. The highest BCUT2D eigenvalue weighted by Gasteiger charge is 2.09. The summed E-state index contributed by atoms with van der Waals surface area (Å²) in [4.78, 5) is 6.76. The highest BCUT2D eigenvalue weighted by atomic mass is 16.3. The maximum absolute atomic E-state index is 5.41. The minimum atomic E-state index is 0.750. The molecule has 0 aliphatic rings. The summed E-state index contributed by atoms with van der Waals surface area (Å²) in [5, 5.41) is 1.17. The fourth-order valence-corrected chi connectivity index (χ4v) is 2.32. The number of anilines is 1. The number of hydrogen-bond donors (Lipinski definition) is 0. The van der Waals surface area contributed by atoms with E-state index in [1.165, 1.54) is 11.1 Å². The van der Waals surface area contributed by atoms with Crippen LogP contribution in [0.25, 0.3) is 10.9 Å². The van der Waals surface area contributed by atoms with Gasteiger partial charge >= 0.3 is 0 Å². The Morgan fingerprint density at radius 2 is 2.00 bits per heavy atom. The molecular formula is C16H16N2O. The van der Waals surface area contributed by atoms with Gasteiger partial charge < -0.3 is 9.32 Å². The SMILES string of the molecule is Cc1cc(N(C)Cc2ccco2)c2ccccc2n1. The molecule has 0 spiro atoms. The third-order valence-corrected chi connectivity index (χ3v) is 3.21. The molecule has 3 nitrogen and oxygen atoms in total. The van der Waals surface area contributed by atoms with Crippen LogP contribution in [0, 0.1) is 6.92 Å². The van der Waals surface area contributed by atoms with Gasteiger partial charge in [0.25, 0.3) is 0 Å². The Morgan fingerprint density at radius 1 is 1.16 bits per heavy atom. The second-order valence-corrected chi connectivity index (χ2v) is 4.74. The predicted molar refractivity (Wildman–Crippen MR) is 77.3 cm³/mol. The van der Waals surface area contributed by atoms with Crippen LogP contribution in [-0.2, 0) is 6.54 Å². The first-order valence-corrected chi connectivity index (χ1v) is 6.34. The van der Waals surface area contributed by atoms with E-state index in [9.17, 15) is 0 Å². The van der Waals surface area contributed by atoms with Crippen molar-refractivity contribution in [1.29, 1.82) is 0 Å². The maximum atomic E-state index is 5.41. The van der Waals surface area contributed by atoms with E-state index in [-0.39, 0.29) is 0 Å². The van der Waals surface area contributed by atoms with Gasteiger partial charge in [-0.1, -0.05) is 18.2 Å². The lowest BCUT2D eigenvalue weighted by molar-refractivity contribution is 0.508. The molecule has 0 bridgehead atoms. The molecule has 0 radical (unpaired) electrons. The van der Waals surface area contributed by atoms with E-state index < -0.39 is 0 Å². The molecule has 2 heterocycles. The van der Waals surface area contributed by atoms with Crippen molar-refractivity contribution in [3.05, 3.63) is 60.2 Å². The monoisotopic (exact) mass is 252 g/mol. The Labute approximate surface area is 112 Å². The van der Waals surface area contributed by atoms with Crippen LogP contribution in [0.3, 0.4) is 0 Å². The van der Waals surface area contributed by atoms with E-state index >= 15 is 0 Å². The van der Waals surface area contributed by atoms with Crippen LogP contribution in [0.5, 0.6) is 0 Å². The van der Waals surface area contributed by atoms with Crippen molar-refractivity contribution < 1.29 is 4.42 Å². The molecule has 0 saturated carbocycles. The van der Waals surface area contributed by atoms with Crippen molar-refractivity contribution in [2.45, 2.75) is 13.5 Å². The van der Waals surface area contributed by atoms with Crippen molar-refractivity contribution in [2.24, 2.45) is 0 Å². The molecule has 0 saturated heterocycles. The first kappa shape index (κ1) is 11.8. The molecule has 0 aliphatic carbocycles. The van der Waals surface area contributed by atoms with Crippen molar-refractivity contribution in [3.63, 3.8) is 0 Å². The average molecular weight is 252 g/mol. The van der Waals surface area contributed by atoms with Crippen LogP contribution in [0.1, 0.15) is 11.5 Å². The molecule has 0 N–H and O–H groups in total. The van der Waals surface area contributed by atoms with Gasteiger partial charge in [0.2, 0.25) is 0 Å². The molecule has 96 valence electrons. The molecule has 19 heavy (non-hydrogen) atoms. The van der Waals surface area contributed by atoms with E-state index in [1.54, 1.807) is 6.26 Å². The lowest BCUT2D eigenvalue weighted by Crippen LogP contribution is -2.16. The zero-order chi connectivity index (χ0) is 13.2. The van der Waals surface area contributed by atoms with Crippen LogP contribution >= 0.6 is 0 Å². The quantitative estimate of drug-likeness (QED) is 0.710. The molecule has 0 amide bonds. The minimum absolute atomic E-state index is 0.750. The highest BCUT2D eigenvalue weighted by molar-refractivity contribution is 5.91. The molecule has 2 aromatic heterocycles. The number of aromatic nitrogens is 1. The van der Waals surface area contributed by atoms with Gasteiger partial charge in [-0.15, -0.1) is 0 Å². The van der Waals surface area contributed by atoms with Crippen LogP contribution in [0.15, 0.2) is 53.1 Å². The van der Waals surface area contributed by atoms with Gasteiger partial charge in [-0.2, -0.15) is 0 Å². The lowest BCUT2D eigenvalue weighted by atomic mass is 10.1. The van der Waals surface area contributed by atoms with Gasteiger partial charge in [0.15, 0.2) is 0 Å². The largest absolute Gasteiger partial charge is 0.467 e. The fourth-order valence-electron chi connectivity index (χ4n) is 2.32. The fraction of sp³-hybridized carbons (Fsp3) is 0.188. The van der Waals surface area contributed by atoms with Crippen LogP contribution in [0.2, 0.25) is 0 Å². The Morgan fingerprint density at radius 3 is 2.79 bits per heavy atom. The molecular weight excluding hydrogens is 236 g/mol. The van der Waals surface area contributed by atoms with E-state index in [1.807, 2.05) is 37.3 Å². The number of furan rings is 1. The third-order valence-electron chi connectivity index (χ3n) is 3.21. The van der Waals surface area contributed by atoms with E-state index in [0.29, 0.717) is 0 Å². The van der Waals surface area contributed by atoms with Crippen molar-refractivity contribution in [2.75, 3.05) is 11.9 Å². The molecule has 0 atom stereocenters. The molecule has 3 rings (SSSR count). The van der Waals surface area contributed by atoms with Crippen LogP contribution < -0.4 is 4.90 Å². The molecule has 0 unspecified atom stereocenters. The van der Waals surface area contributed by atoms with Gasteiger partial charge in [-0.3, -0.25) is 4.98 Å². The normalized spacial score (nSPS) is 10.8. The minimum Gasteiger partial charge on any atom is -0.467 e. The second kappa shape index (κ2) is 4.76. The number of fused-ring (bicyclic) bond motifs is 1. The summed E-state index contributed by atoms with van der Waals surface area (Å²) in [6, 6.07) is 14.2. The van der Waals surface area contributed by atoms with Gasteiger partial charge in [-0.05, 0) is 31.2 Å². The number of pyridine rings is 1. The molecule has 0 fully saturated rings. The van der Waals surface area contributed by atoms with Gasteiger partial charge in [0.05, 0.1) is 18.3 Å². The second-order valence-electron chi connectivity index (χ2n) is 4.74. The molecule has 1 aromatic carbocycles. The van der Waals surface area contributed by atoms with E-state index in [0.717, 1.165) is 23.5 Å². The Kier molecular flexibility index (Phi) is 2.95. The lowest BCUT2D eigenvalue weighted by Gasteiger charge is -2.20. The van der Waals surface area contributed by atoms with Gasteiger partial charge in [0.1, 0.15) is 5.76 Å².